The van der Waals surface area contributed by atoms with Crippen molar-refractivity contribution in [2.24, 2.45) is 4.99 Å². The number of guanidine groups is 1. The fraction of sp³-hybridized carbons (Fsp3) is 0.591. The van der Waals surface area contributed by atoms with Crippen molar-refractivity contribution in [3.63, 3.8) is 0 Å². The number of carbonyl (C=O) groups excluding carboxylic acids is 2. The van der Waals surface area contributed by atoms with Gasteiger partial charge in [0.05, 0.1) is 19.2 Å². The molecule has 0 radical (unpaired) electrons. The molecule has 4 N–H and O–H groups in total. The number of nitrogens with one attached hydrogen (secondary N) is 4. The van der Waals surface area contributed by atoms with Crippen molar-refractivity contribution in [2.75, 3.05) is 33.3 Å². The van der Waals surface area contributed by atoms with Gasteiger partial charge >= 0.3 is 6.09 Å². The minimum Gasteiger partial charge on any atom is -0.497 e. The van der Waals surface area contributed by atoms with Gasteiger partial charge in [-0.25, -0.2) is 4.79 Å². The first-order valence-corrected chi connectivity index (χ1v) is 10.4. The summed E-state index contributed by atoms with van der Waals surface area (Å²) in [4.78, 5) is 28.8. The van der Waals surface area contributed by atoms with Gasteiger partial charge in [-0.2, -0.15) is 0 Å². The van der Waals surface area contributed by atoms with E-state index in [1.54, 1.807) is 31.4 Å². The molecule has 1 aromatic rings. The Morgan fingerprint density at radius 2 is 1.69 bits per heavy atom. The highest BCUT2D eigenvalue weighted by molar-refractivity contribution is 14.0. The minimum atomic E-state index is -0.592. The van der Waals surface area contributed by atoms with Gasteiger partial charge in [-0.15, -0.1) is 24.0 Å². The molecule has 0 unspecified atom stereocenters. The van der Waals surface area contributed by atoms with Crippen molar-refractivity contribution >= 4 is 41.9 Å². The molecule has 9 nitrogen and oxygen atoms in total. The highest BCUT2D eigenvalue weighted by Gasteiger charge is 2.24. The number of nitrogens with zero attached hydrogens (tertiary/aromatic N) is 1. The van der Waals surface area contributed by atoms with Crippen LogP contribution in [0, 0.1) is 0 Å². The lowest BCUT2D eigenvalue weighted by Crippen LogP contribution is -2.49. The molecule has 0 aliphatic rings. The molecule has 10 heteroatoms. The van der Waals surface area contributed by atoms with Crippen LogP contribution in [-0.4, -0.2) is 62.4 Å². The van der Waals surface area contributed by atoms with Gasteiger partial charge in [0, 0.05) is 25.2 Å². The first-order valence-electron chi connectivity index (χ1n) is 10.4. The Hall–Kier alpha value is -2.24. The van der Waals surface area contributed by atoms with Crippen molar-refractivity contribution in [3.8, 4) is 5.75 Å². The second-order valence-corrected chi connectivity index (χ2v) is 8.62. The molecular weight excluding hydrogens is 525 g/mol. The topological polar surface area (TPSA) is 113 Å². The lowest BCUT2D eigenvalue weighted by Gasteiger charge is -2.27. The van der Waals surface area contributed by atoms with E-state index in [2.05, 4.69) is 26.3 Å². The summed E-state index contributed by atoms with van der Waals surface area (Å²) in [6.45, 7) is 13.1. The Bertz CT molecular complexity index is 763. The fourth-order valence-electron chi connectivity index (χ4n) is 2.46. The number of halogens is 1. The van der Waals surface area contributed by atoms with Gasteiger partial charge in [-0.05, 0) is 59.7 Å². The van der Waals surface area contributed by atoms with Crippen LogP contribution < -0.4 is 26.0 Å². The van der Waals surface area contributed by atoms with Crippen molar-refractivity contribution < 1.29 is 19.1 Å². The summed E-state index contributed by atoms with van der Waals surface area (Å²) < 4.78 is 10.4. The molecule has 0 aliphatic heterocycles. The maximum absolute atomic E-state index is 12.2. The van der Waals surface area contributed by atoms with Crippen LogP contribution in [-0.2, 0) is 4.74 Å². The number of ether oxygens (including phenoxy) is 2. The van der Waals surface area contributed by atoms with Gasteiger partial charge in [0.15, 0.2) is 5.96 Å². The maximum Gasteiger partial charge on any atom is 0.408 e. The standard InChI is InChI=1S/C22H37N5O4.HI/c1-8-23-19(26-15-22(5,6)27-20(29)31-21(2,3)4)25-13-12-24-18(28)16-10-9-11-17(14-16)30-7;/h9-11,14H,8,12-13,15H2,1-7H3,(H,24,28)(H,27,29)(H2,23,25,26);1H. The number of aliphatic imine (C=N–C) groups is 1. The first kappa shape index (κ1) is 29.8. The Labute approximate surface area is 208 Å². The number of hydrogen-bond acceptors (Lipinski definition) is 5. The van der Waals surface area contributed by atoms with Crippen molar-refractivity contribution in [1.82, 2.24) is 21.3 Å². The monoisotopic (exact) mass is 563 g/mol. The van der Waals surface area contributed by atoms with Gasteiger partial charge in [-0.1, -0.05) is 6.07 Å². The van der Waals surface area contributed by atoms with Crippen LogP contribution in [0.25, 0.3) is 0 Å². The normalized spacial score (nSPS) is 11.7. The summed E-state index contributed by atoms with van der Waals surface area (Å²) in [5, 5.41) is 12.0. The molecular formula is C22H38IN5O4. The molecule has 0 saturated carbocycles. The second kappa shape index (κ2) is 14.0. The van der Waals surface area contributed by atoms with E-state index in [1.165, 1.54) is 0 Å². The van der Waals surface area contributed by atoms with Crippen LogP contribution >= 0.6 is 24.0 Å². The number of hydrogen-bond donors (Lipinski definition) is 4. The van der Waals surface area contributed by atoms with Crippen molar-refractivity contribution in [2.45, 2.75) is 52.7 Å². The van der Waals surface area contributed by atoms with E-state index in [0.717, 1.165) is 0 Å². The molecule has 1 rings (SSSR count). The molecule has 0 heterocycles. The molecule has 1 aromatic carbocycles. The predicted octanol–water partition coefficient (Wildman–Crippen LogP) is 2.90. The van der Waals surface area contributed by atoms with Gasteiger partial charge in [0.25, 0.3) is 5.91 Å². The zero-order valence-electron chi connectivity index (χ0n) is 20.1. The molecule has 0 bridgehead atoms. The molecule has 0 aromatic heterocycles. The van der Waals surface area contributed by atoms with Crippen LogP contribution in [0.5, 0.6) is 5.75 Å². The van der Waals surface area contributed by atoms with E-state index in [1.807, 2.05) is 41.5 Å². The number of rotatable bonds is 9. The van der Waals surface area contributed by atoms with Gasteiger partial charge < -0.3 is 30.7 Å². The lowest BCUT2D eigenvalue weighted by atomic mass is 10.1. The van der Waals surface area contributed by atoms with Crippen LogP contribution in [0.1, 0.15) is 51.9 Å². The van der Waals surface area contributed by atoms with Gasteiger partial charge in [0.2, 0.25) is 0 Å². The summed E-state index contributed by atoms with van der Waals surface area (Å²) in [6.07, 6.45) is -0.481. The van der Waals surface area contributed by atoms with Gasteiger partial charge in [0.1, 0.15) is 11.4 Å². The molecule has 0 atom stereocenters. The molecule has 0 aliphatic carbocycles. The van der Waals surface area contributed by atoms with Crippen LogP contribution in [0.15, 0.2) is 29.3 Å². The predicted molar refractivity (Wildman–Crippen MR) is 138 cm³/mol. The molecule has 0 saturated heterocycles. The summed E-state index contributed by atoms with van der Waals surface area (Å²) >= 11 is 0. The second-order valence-electron chi connectivity index (χ2n) is 8.62. The number of alkyl carbamates (subject to hydrolysis) is 1. The zero-order valence-corrected chi connectivity index (χ0v) is 22.5. The van der Waals surface area contributed by atoms with E-state index >= 15 is 0 Å². The highest BCUT2D eigenvalue weighted by atomic mass is 127. The van der Waals surface area contributed by atoms with E-state index in [4.69, 9.17) is 9.47 Å². The third-order valence-electron chi connectivity index (χ3n) is 3.85. The number of methoxy groups -OCH3 is 1. The zero-order chi connectivity index (χ0) is 23.5. The Balaban J connectivity index is 0.00000961. The largest absolute Gasteiger partial charge is 0.497 e. The van der Waals surface area contributed by atoms with E-state index in [0.29, 0.717) is 43.5 Å². The summed E-state index contributed by atoms with van der Waals surface area (Å²) in [5.74, 6) is 1.05. The van der Waals surface area contributed by atoms with Crippen LogP contribution in [0.4, 0.5) is 4.79 Å². The van der Waals surface area contributed by atoms with Crippen molar-refractivity contribution in [3.05, 3.63) is 29.8 Å². The summed E-state index contributed by atoms with van der Waals surface area (Å²) in [7, 11) is 1.56. The third-order valence-corrected chi connectivity index (χ3v) is 3.85. The molecule has 0 fully saturated rings. The van der Waals surface area contributed by atoms with Gasteiger partial charge in [-0.3, -0.25) is 9.79 Å². The summed E-state index contributed by atoms with van der Waals surface area (Å²) in [5.41, 5.74) is -0.615. The fourth-order valence-corrected chi connectivity index (χ4v) is 2.46. The number of carbonyl (C=O) groups is 2. The Morgan fingerprint density at radius 1 is 1.03 bits per heavy atom. The lowest BCUT2D eigenvalue weighted by molar-refractivity contribution is 0.0476. The van der Waals surface area contributed by atoms with Crippen molar-refractivity contribution in [1.29, 1.82) is 0 Å². The van der Waals surface area contributed by atoms with E-state index in [-0.39, 0.29) is 29.9 Å². The van der Waals surface area contributed by atoms with E-state index in [9.17, 15) is 9.59 Å². The Kier molecular flexibility index (Phi) is 13.0. The third kappa shape index (κ3) is 12.6. The first-order chi connectivity index (χ1) is 14.5. The SMILES string of the molecule is CCNC(=NCC(C)(C)NC(=O)OC(C)(C)C)NCCNC(=O)c1cccc(OC)c1.I. The average Bonchev–Trinajstić information content (AvgIpc) is 2.67. The maximum atomic E-state index is 12.2. The number of amides is 2. The Morgan fingerprint density at radius 3 is 2.28 bits per heavy atom. The highest BCUT2D eigenvalue weighted by Crippen LogP contribution is 2.12. The average molecular weight is 563 g/mol. The van der Waals surface area contributed by atoms with Crippen LogP contribution in [0.3, 0.4) is 0 Å². The number of benzene rings is 1. The summed E-state index contributed by atoms with van der Waals surface area (Å²) in [6, 6.07) is 6.98. The minimum absolute atomic E-state index is 0. The molecule has 2 amide bonds. The molecule has 32 heavy (non-hydrogen) atoms. The van der Waals surface area contributed by atoms with E-state index < -0.39 is 17.2 Å². The van der Waals surface area contributed by atoms with Crippen LogP contribution in [0.2, 0.25) is 0 Å². The quantitative estimate of drug-likeness (QED) is 0.159. The molecule has 182 valence electrons. The smallest absolute Gasteiger partial charge is 0.408 e. The molecule has 0 spiro atoms.